The van der Waals surface area contributed by atoms with Crippen LogP contribution in [0.4, 0.5) is 0 Å². The van der Waals surface area contributed by atoms with Gasteiger partial charge in [0.1, 0.15) is 5.52 Å². The van der Waals surface area contributed by atoms with Crippen LogP contribution in [0, 0.1) is 0 Å². The third kappa shape index (κ3) is 2.13. The van der Waals surface area contributed by atoms with Crippen molar-refractivity contribution in [2.45, 2.75) is 6.54 Å². The third-order valence-corrected chi connectivity index (χ3v) is 3.37. The average molecular weight is 276 g/mol. The Kier molecular flexibility index (Phi) is 2.64. The highest BCUT2D eigenvalue weighted by Gasteiger charge is 2.09. The molecule has 19 heavy (non-hydrogen) atoms. The number of nitrogens with one attached hydrogen (secondary N) is 1. The average Bonchev–Trinajstić information content (AvgIpc) is 2.96. The molecule has 0 aliphatic heterocycles. The summed E-state index contributed by atoms with van der Waals surface area (Å²) < 4.78 is 1.61. The maximum atomic E-state index is 11.1. The SMILES string of the molecule is O=C(O)c1ccc2c(c1)nnn2Cc1csc(=O)[nH]1. The smallest absolute Gasteiger partial charge is 0.335 e. The van der Waals surface area contributed by atoms with Gasteiger partial charge in [-0.25, -0.2) is 9.48 Å². The molecule has 2 N–H and O–H groups in total. The molecule has 8 heteroatoms. The van der Waals surface area contributed by atoms with Crippen molar-refractivity contribution in [2.75, 3.05) is 0 Å². The highest BCUT2D eigenvalue weighted by atomic mass is 32.1. The summed E-state index contributed by atoms with van der Waals surface area (Å²) in [6, 6.07) is 4.63. The van der Waals surface area contributed by atoms with Crippen molar-refractivity contribution in [3.8, 4) is 0 Å². The number of thiazole rings is 1. The van der Waals surface area contributed by atoms with Crippen molar-refractivity contribution in [3.63, 3.8) is 0 Å². The van der Waals surface area contributed by atoms with Crippen molar-refractivity contribution in [2.24, 2.45) is 0 Å². The number of benzene rings is 1. The zero-order valence-electron chi connectivity index (χ0n) is 9.53. The number of fused-ring (bicyclic) bond motifs is 1. The largest absolute Gasteiger partial charge is 0.478 e. The lowest BCUT2D eigenvalue weighted by Crippen LogP contribution is -2.04. The molecule has 1 aromatic carbocycles. The monoisotopic (exact) mass is 276 g/mol. The summed E-state index contributed by atoms with van der Waals surface area (Å²) in [6.07, 6.45) is 0. The Hall–Kier alpha value is -2.48. The first-order valence-electron chi connectivity index (χ1n) is 5.37. The minimum atomic E-state index is -1.00. The predicted octanol–water partition coefficient (Wildman–Crippen LogP) is 0.928. The lowest BCUT2D eigenvalue weighted by Gasteiger charge is -1.99. The van der Waals surface area contributed by atoms with Crippen LogP contribution in [0.15, 0.2) is 28.4 Å². The number of aromatic carboxylic acids is 1. The van der Waals surface area contributed by atoms with Gasteiger partial charge in [0.05, 0.1) is 23.3 Å². The van der Waals surface area contributed by atoms with E-state index in [2.05, 4.69) is 15.3 Å². The van der Waals surface area contributed by atoms with Gasteiger partial charge < -0.3 is 10.1 Å². The van der Waals surface area contributed by atoms with E-state index in [9.17, 15) is 9.59 Å². The van der Waals surface area contributed by atoms with Crippen molar-refractivity contribution in [1.82, 2.24) is 20.0 Å². The lowest BCUT2D eigenvalue weighted by atomic mass is 10.2. The normalized spacial score (nSPS) is 10.9. The first-order valence-corrected chi connectivity index (χ1v) is 6.25. The summed E-state index contributed by atoms with van der Waals surface area (Å²) in [5.41, 5.74) is 2.14. The van der Waals surface area contributed by atoms with E-state index in [0.29, 0.717) is 12.1 Å². The van der Waals surface area contributed by atoms with E-state index in [0.717, 1.165) is 22.5 Å². The van der Waals surface area contributed by atoms with E-state index in [4.69, 9.17) is 5.11 Å². The number of carboxylic acid groups (broad SMARTS) is 1. The van der Waals surface area contributed by atoms with Crippen LogP contribution in [0.25, 0.3) is 11.0 Å². The number of carbonyl (C=O) groups is 1. The van der Waals surface area contributed by atoms with Gasteiger partial charge in [0.25, 0.3) is 0 Å². The quantitative estimate of drug-likeness (QED) is 0.741. The van der Waals surface area contributed by atoms with Crippen molar-refractivity contribution < 1.29 is 9.90 Å². The van der Waals surface area contributed by atoms with E-state index >= 15 is 0 Å². The number of H-pyrrole nitrogens is 1. The maximum absolute atomic E-state index is 11.1. The Morgan fingerprint density at radius 1 is 1.47 bits per heavy atom. The Bertz CT molecular complexity index is 817. The van der Waals surface area contributed by atoms with Gasteiger partial charge in [-0.15, -0.1) is 5.10 Å². The molecule has 0 unspecified atom stereocenters. The molecule has 0 saturated carbocycles. The molecule has 0 amide bonds. The number of hydrogen-bond donors (Lipinski definition) is 2. The highest BCUT2D eigenvalue weighted by molar-refractivity contribution is 7.07. The van der Waals surface area contributed by atoms with Gasteiger partial charge >= 0.3 is 10.8 Å². The van der Waals surface area contributed by atoms with Gasteiger partial charge in [-0.1, -0.05) is 16.6 Å². The van der Waals surface area contributed by atoms with Crippen LogP contribution in [-0.2, 0) is 6.54 Å². The highest BCUT2D eigenvalue weighted by Crippen LogP contribution is 2.14. The summed E-state index contributed by atoms with van der Waals surface area (Å²) in [5, 5.41) is 18.5. The molecule has 96 valence electrons. The predicted molar refractivity (Wildman–Crippen MR) is 68.5 cm³/mol. The van der Waals surface area contributed by atoms with Crippen molar-refractivity contribution >= 4 is 28.3 Å². The second-order valence-corrected chi connectivity index (χ2v) is 4.77. The number of carboxylic acids is 1. The molecule has 0 aliphatic rings. The molecule has 0 aliphatic carbocycles. The Morgan fingerprint density at radius 3 is 3.00 bits per heavy atom. The first-order chi connectivity index (χ1) is 9.13. The topological polar surface area (TPSA) is 101 Å². The molecule has 0 atom stereocenters. The third-order valence-electron chi connectivity index (χ3n) is 2.65. The van der Waals surface area contributed by atoms with Gasteiger partial charge in [-0.05, 0) is 18.2 Å². The molecule has 0 bridgehead atoms. The number of nitrogens with zero attached hydrogens (tertiary/aromatic N) is 3. The molecule has 2 heterocycles. The van der Waals surface area contributed by atoms with Crippen molar-refractivity contribution in [3.05, 3.63) is 44.5 Å². The van der Waals surface area contributed by atoms with Crippen LogP contribution in [0.3, 0.4) is 0 Å². The Labute approximate surface area is 110 Å². The summed E-state index contributed by atoms with van der Waals surface area (Å²) in [4.78, 5) is 24.5. The van der Waals surface area contributed by atoms with E-state index in [1.807, 2.05) is 0 Å². The summed E-state index contributed by atoms with van der Waals surface area (Å²) in [6.45, 7) is 0.391. The number of aromatic amines is 1. The molecule has 7 nitrogen and oxygen atoms in total. The van der Waals surface area contributed by atoms with Gasteiger partial charge in [0, 0.05) is 5.38 Å². The molecule has 2 aromatic heterocycles. The van der Waals surface area contributed by atoms with Gasteiger partial charge in [-0.2, -0.15) is 0 Å². The minimum Gasteiger partial charge on any atom is -0.478 e. The summed E-state index contributed by atoms with van der Waals surface area (Å²) >= 11 is 1.09. The molecular formula is C11H8N4O3S. The van der Waals surface area contributed by atoms with E-state index in [1.54, 1.807) is 16.1 Å². The molecule has 0 radical (unpaired) electrons. The second kappa shape index (κ2) is 4.32. The second-order valence-electron chi connectivity index (χ2n) is 3.93. The summed E-state index contributed by atoms with van der Waals surface area (Å²) in [5.74, 6) is -1.00. The minimum absolute atomic E-state index is 0.118. The maximum Gasteiger partial charge on any atom is 0.335 e. The standard InChI is InChI=1S/C11H8N4O3S/c16-10(17)6-1-2-9-8(3-6)13-14-15(9)4-7-5-19-11(18)12-7/h1-3,5H,4H2,(H,12,18)(H,16,17). The van der Waals surface area contributed by atoms with Crippen LogP contribution in [0.1, 0.15) is 16.1 Å². The number of hydrogen-bond acceptors (Lipinski definition) is 5. The molecule has 0 spiro atoms. The fraction of sp³-hybridized carbons (Fsp3) is 0.0909. The molecule has 0 fully saturated rings. The fourth-order valence-corrected chi connectivity index (χ4v) is 2.35. The van der Waals surface area contributed by atoms with Gasteiger partial charge in [0.2, 0.25) is 0 Å². The fourth-order valence-electron chi connectivity index (χ4n) is 1.77. The number of rotatable bonds is 3. The van der Waals surface area contributed by atoms with E-state index in [-0.39, 0.29) is 10.4 Å². The zero-order chi connectivity index (χ0) is 13.4. The van der Waals surface area contributed by atoms with Crippen LogP contribution in [0.5, 0.6) is 0 Å². The molecule has 0 saturated heterocycles. The first kappa shape index (κ1) is 11.6. The number of aromatic nitrogens is 4. The Morgan fingerprint density at radius 2 is 2.32 bits per heavy atom. The van der Waals surface area contributed by atoms with Gasteiger partial charge in [0.15, 0.2) is 0 Å². The van der Waals surface area contributed by atoms with E-state index in [1.165, 1.54) is 12.1 Å². The van der Waals surface area contributed by atoms with Crippen LogP contribution >= 0.6 is 11.3 Å². The summed E-state index contributed by atoms with van der Waals surface area (Å²) in [7, 11) is 0. The van der Waals surface area contributed by atoms with Crippen LogP contribution in [0.2, 0.25) is 0 Å². The van der Waals surface area contributed by atoms with Crippen molar-refractivity contribution in [1.29, 1.82) is 0 Å². The van der Waals surface area contributed by atoms with Crippen LogP contribution in [-0.4, -0.2) is 31.1 Å². The molecule has 3 rings (SSSR count). The molecule has 3 aromatic rings. The lowest BCUT2D eigenvalue weighted by molar-refractivity contribution is 0.0697. The zero-order valence-corrected chi connectivity index (χ0v) is 10.3. The van der Waals surface area contributed by atoms with E-state index < -0.39 is 5.97 Å². The molecular weight excluding hydrogens is 268 g/mol. The Balaban J connectivity index is 2.01. The van der Waals surface area contributed by atoms with Gasteiger partial charge in [-0.3, -0.25) is 4.79 Å². The van der Waals surface area contributed by atoms with Crippen LogP contribution < -0.4 is 4.87 Å².